The van der Waals surface area contributed by atoms with E-state index in [0.29, 0.717) is 13.1 Å². The van der Waals surface area contributed by atoms with Crippen molar-refractivity contribution in [2.24, 2.45) is 4.99 Å². The lowest BCUT2D eigenvalue weighted by atomic mass is 10.2. The average Bonchev–Trinajstić information content (AvgIpc) is 2.55. The molecule has 0 fully saturated rings. The van der Waals surface area contributed by atoms with Crippen molar-refractivity contribution >= 4 is 35.8 Å². The van der Waals surface area contributed by atoms with Gasteiger partial charge in [0.1, 0.15) is 5.82 Å². The number of carbonyl (C=O) groups is 1. The summed E-state index contributed by atoms with van der Waals surface area (Å²) in [5.41, 5.74) is 0.0541. The van der Waals surface area contributed by atoms with Crippen LogP contribution in [0.2, 0.25) is 0 Å². The van der Waals surface area contributed by atoms with Crippen LogP contribution in [0, 0.1) is 5.82 Å². The summed E-state index contributed by atoms with van der Waals surface area (Å²) in [4.78, 5) is 18.1. The van der Waals surface area contributed by atoms with Crippen molar-refractivity contribution in [3.05, 3.63) is 48.3 Å². The van der Waals surface area contributed by atoms with Crippen LogP contribution in [0.15, 0.2) is 41.9 Å². The van der Waals surface area contributed by atoms with Crippen LogP contribution >= 0.6 is 24.0 Å². The zero-order chi connectivity index (χ0) is 17.1. The molecule has 5 nitrogen and oxygen atoms in total. The third-order valence-electron chi connectivity index (χ3n) is 3.29. The minimum absolute atomic E-state index is 0. The largest absolute Gasteiger partial charge is 0.354 e. The molecule has 1 aromatic rings. The molecule has 0 bridgehead atoms. The summed E-state index contributed by atoms with van der Waals surface area (Å²) in [6.07, 6.45) is 3.85. The van der Waals surface area contributed by atoms with E-state index in [1.54, 1.807) is 19.2 Å². The van der Waals surface area contributed by atoms with Crippen LogP contribution in [0.4, 0.5) is 4.39 Å². The van der Waals surface area contributed by atoms with E-state index in [-0.39, 0.29) is 29.5 Å². The van der Waals surface area contributed by atoms with E-state index in [1.807, 2.05) is 18.0 Å². The highest BCUT2D eigenvalue weighted by atomic mass is 127. The molecular weight excluding hydrogens is 422 g/mol. The fraction of sp³-hybridized carbons (Fsp3) is 0.412. The maximum atomic E-state index is 13.5. The molecule has 0 aliphatic heterocycles. The summed E-state index contributed by atoms with van der Waals surface area (Å²) in [5, 5.41) is 5.84. The zero-order valence-corrected chi connectivity index (χ0v) is 16.5. The summed E-state index contributed by atoms with van der Waals surface area (Å²) >= 11 is 0. The highest BCUT2D eigenvalue weighted by Crippen LogP contribution is 2.05. The Morgan fingerprint density at radius 3 is 2.62 bits per heavy atom. The lowest BCUT2D eigenvalue weighted by molar-refractivity contribution is 0.0950. The minimum Gasteiger partial charge on any atom is -0.354 e. The normalized spacial score (nSPS) is 10.5. The maximum Gasteiger partial charge on any atom is 0.254 e. The Morgan fingerprint density at radius 2 is 2.00 bits per heavy atom. The lowest BCUT2D eigenvalue weighted by Gasteiger charge is -2.21. The molecule has 1 amide bonds. The number of guanidine groups is 1. The van der Waals surface area contributed by atoms with E-state index >= 15 is 0 Å². The zero-order valence-electron chi connectivity index (χ0n) is 14.2. The number of nitrogens with zero attached hydrogens (tertiary/aromatic N) is 2. The van der Waals surface area contributed by atoms with Gasteiger partial charge in [-0.2, -0.15) is 0 Å². The van der Waals surface area contributed by atoms with Gasteiger partial charge >= 0.3 is 0 Å². The van der Waals surface area contributed by atoms with Crippen LogP contribution in [0.3, 0.4) is 0 Å². The predicted octanol–water partition coefficient (Wildman–Crippen LogP) is 2.65. The molecule has 1 aromatic carbocycles. The van der Waals surface area contributed by atoms with Gasteiger partial charge < -0.3 is 15.5 Å². The Kier molecular flexibility index (Phi) is 11.9. The number of allylic oxidation sites excluding steroid dienone is 1. The molecule has 0 heterocycles. The molecule has 1 rings (SSSR count). The van der Waals surface area contributed by atoms with Crippen LogP contribution in [0.1, 0.15) is 23.2 Å². The molecule has 0 atom stereocenters. The summed E-state index contributed by atoms with van der Waals surface area (Å²) in [5.74, 6) is -0.177. The van der Waals surface area contributed by atoms with Crippen LogP contribution in [-0.2, 0) is 0 Å². The van der Waals surface area contributed by atoms with Crippen molar-refractivity contribution in [2.45, 2.75) is 12.8 Å². The molecule has 0 unspecified atom stereocenters. The molecule has 0 spiro atoms. The van der Waals surface area contributed by atoms with E-state index in [4.69, 9.17) is 0 Å². The molecule has 0 aromatic heterocycles. The first kappa shape index (κ1) is 22.4. The highest BCUT2D eigenvalue weighted by Gasteiger charge is 2.10. The number of halogens is 2. The second-order valence-electron chi connectivity index (χ2n) is 5.06. The second-order valence-corrected chi connectivity index (χ2v) is 5.06. The average molecular weight is 448 g/mol. The molecule has 134 valence electrons. The van der Waals surface area contributed by atoms with Crippen molar-refractivity contribution in [1.29, 1.82) is 0 Å². The minimum atomic E-state index is -0.518. The molecule has 24 heavy (non-hydrogen) atoms. The number of aliphatic imine (C=N–C) groups is 1. The number of nitrogens with one attached hydrogen (secondary N) is 2. The number of benzene rings is 1. The van der Waals surface area contributed by atoms with E-state index in [0.717, 1.165) is 25.3 Å². The second kappa shape index (κ2) is 12.7. The summed E-state index contributed by atoms with van der Waals surface area (Å²) in [6.45, 7) is 5.46. The molecule has 0 aliphatic carbocycles. The maximum absolute atomic E-state index is 13.5. The topological polar surface area (TPSA) is 56.7 Å². The van der Waals surface area contributed by atoms with Crippen molar-refractivity contribution in [3.8, 4) is 0 Å². The standard InChI is InChI=1S/C17H25FN4O.HI/c1-4-5-8-13-22(3)17(19-2)21-12-11-20-16(23)14-9-6-7-10-15(14)18;/h4,6-7,9-10H,1,5,8,11-13H2,2-3H3,(H,19,21)(H,20,23);1H. The SMILES string of the molecule is C=CCCCN(C)C(=NC)NCCNC(=O)c1ccccc1F.I. The van der Waals surface area contributed by atoms with E-state index < -0.39 is 11.7 Å². The number of rotatable bonds is 8. The molecule has 2 N–H and O–H groups in total. The van der Waals surface area contributed by atoms with Gasteiger partial charge in [0.05, 0.1) is 5.56 Å². The van der Waals surface area contributed by atoms with Gasteiger partial charge in [-0.1, -0.05) is 18.2 Å². The van der Waals surface area contributed by atoms with Crippen molar-refractivity contribution < 1.29 is 9.18 Å². The van der Waals surface area contributed by atoms with Gasteiger partial charge in [0.25, 0.3) is 5.91 Å². The van der Waals surface area contributed by atoms with Gasteiger partial charge in [-0.25, -0.2) is 4.39 Å². The number of unbranched alkanes of at least 4 members (excludes halogenated alkanes) is 1. The third kappa shape index (κ3) is 7.76. The third-order valence-corrected chi connectivity index (χ3v) is 3.29. The molecular formula is C17H26FIN4O. The van der Waals surface area contributed by atoms with Gasteiger partial charge in [-0.05, 0) is 25.0 Å². The first-order chi connectivity index (χ1) is 11.1. The molecule has 7 heteroatoms. The van der Waals surface area contributed by atoms with E-state index in [9.17, 15) is 9.18 Å². The lowest BCUT2D eigenvalue weighted by Crippen LogP contribution is -2.42. The molecule has 0 saturated carbocycles. The van der Waals surface area contributed by atoms with Gasteiger partial charge in [0.15, 0.2) is 5.96 Å². The molecule has 0 saturated heterocycles. The molecule has 0 radical (unpaired) electrons. The van der Waals surface area contributed by atoms with Gasteiger partial charge in [0.2, 0.25) is 0 Å². The van der Waals surface area contributed by atoms with Gasteiger partial charge in [-0.15, -0.1) is 30.6 Å². The van der Waals surface area contributed by atoms with Gasteiger partial charge in [-0.3, -0.25) is 9.79 Å². The Labute approximate surface area is 160 Å². The van der Waals surface area contributed by atoms with Gasteiger partial charge in [0, 0.05) is 33.7 Å². The van der Waals surface area contributed by atoms with Crippen LogP contribution < -0.4 is 10.6 Å². The fourth-order valence-corrected chi connectivity index (χ4v) is 2.05. The summed E-state index contributed by atoms with van der Waals surface area (Å²) in [6, 6.07) is 5.92. The van der Waals surface area contributed by atoms with Crippen molar-refractivity contribution in [1.82, 2.24) is 15.5 Å². The van der Waals surface area contributed by atoms with Crippen LogP contribution in [0.5, 0.6) is 0 Å². The highest BCUT2D eigenvalue weighted by molar-refractivity contribution is 14.0. The number of carbonyl (C=O) groups excluding carboxylic acids is 1. The first-order valence-electron chi connectivity index (χ1n) is 7.65. The number of hydrogen-bond donors (Lipinski definition) is 2. The Balaban J connectivity index is 0.00000529. The Hall–Kier alpha value is -1.64. The Bertz CT molecular complexity index is 551. The van der Waals surface area contributed by atoms with E-state index in [1.165, 1.54) is 12.1 Å². The summed E-state index contributed by atoms with van der Waals surface area (Å²) < 4.78 is 13.5. The fourth-order valence-electron chi connectivity index (χ4n) is 2.05. The van der Waals surface area contributed by atoms with E-state index in [2.05, 4.69) is 22.2 Å². The van der Waals surface area contributed by atoms with Crippen molar-refractivity contribution in [2.75, 3.05) is 33.7 Å². The van der Waals surface area contributed by atoms with Crippen LogP contribution in [-0.4, -0.2) is 50.5 Å². The summed E-state index contributed by atoms with van der Waals surface area (Å²) in [7, 11) is 3.67. The quantitative estimate of drug-likeness (QED) is 0.212. The number of hydrogen-bond acceptors (Lipinski definition) is 2. The first-order valence-corrected chi connectivity index (χ1v) is 7.65. The molecule has 0 aliphatic rings. The number of amides is 1. The predicted molar refractivity (Wildman–Crippen MR) is 108 cm³/mol. The Morgan fingerprint density at radius 1 is 1.33 bits per heavy atom. The van der Waals surface area contributed by atoms with Crippen molar-refractivity contribution in [3.63, 3.8) is 0 Å². The van der Waals surface area contributed by atoms with Crippen LogP contribution in [0.25, 0.3) is 0 Å². The monoisotopic (exact) mass is 448 g/mol. The smallest absolute Gasteiger partial charge is 0.254 e.